The first kappa shape index (κ1) is 17.4. The third-order valence-electron chi connectivity index (χ3n) is 4.71. The molecule has 4 nitrogen and oxygen atoms in total. The van der Waals surface area contributed by atoms with Crippen LogP contribution in [0.2, 0.25) is 0 Å². The minimum atomic E-state index is -3.12. The number of hydrogen-bond donors (Lipinski definition) is 2. The largest absolute Gasteiger partial charge is 0.396 e. The van der Waals surface area contributed by atoms with Gasteiger partial charge in [0.05, 0.1) is 10.6 Å². The Morgan fingerprint density at radius 1 is 1.18 bits per heavy atom. The maximum absolute atomic E-state index is 11.8. The van der Waals surface area contributed by atoms with Crippen LogP contribution in [0.5, 0.6) is 0 Å². The molecule has 1 atom stereocenters. The van der Waals surface area contributed by atoms with E-state index < -0.39 is 9.84 Å². The van der Waals surface area contributed by atoms with Crippen molar-refractivity contribution in [1.82, 2.24) is 5.32 Å². The number of nitrogens with one attached hydrogen (secondary N) is 1. The molecule has 1 saturated carbocycles. The van der Waals surface area contributed by atoms with Crippen molar-refractivity contribution >= 4 is 9.84 Å². The van der Waals surface area contributed by atoms with E-state index in [1.54, 1.807) is 19.1 Å². The average molecular weight is 325 g/mol. The quantitative estimate of drug-likeness (QED) is 0.844. The van der Waals surface area contributed by atoms with E-state index in [2.05, 4.69) is 12.2 Å². The van der Waals surface area contributed by atoms with Crippen molar-refractivity contribution in [1.29, 1.82) is 0 Å². The lowest BCUT2D eigenvalue weighted by atomic mass is 9.86. The SMILES string of the molecule is CCS(=O)(=O)c1ccc(C(C)NC2CCC(CO)CC2)cc1. The van der Waals surface area contributed by atoms with E-state index in [1.807, 2.05) is 12.1 Å². The van der Waals surface area contributed by atoms with Gasteiger partial charge in [0.25, 0.3) is 0 Å². The standard InChI is InChI=1S/C17H27NO3S/c1-3-22(20,21)17-10-6-15(7-11-17)13(2)18-16-8-4-14(12-19)5-9-16/h6-7,10-11,13-14,16,18-19H,3-5,8-9,12H2,1-2H3. The monoisotopic (exact) mass is 325 g/mol. The number of aliphatic hydroxyl groups is 1. The Balaban J connectivity index is 1.94. The molecule has 0 bridgehead atoms. The predicted molar refractivity (Wildman–Crippen MR) is 88.6 cm³/mol. The van der Waals surface area contributed by atoms with Gasteiger partial charge in [0, 0.05) is 18.7 Å². The highest BCUT2D eigenvalue weighted by molar-refractivity contribution is 7.91. The lowest BCUT2D eigenvalue weighted by Crippen LogP contribution is -2.35. The first-order valence-corrected chi connectivity index (χ1v) is 9.81. The average Bonchev–Trinajstić information content (AvgIpc) is 2.55. The van der Waals surface area contributed by atoms with Gasteiger partial charge in [0.2, 0.25) is 0 Å². The van der Waals surface area contributed by atoms with Gasteiger partial charge in [-0.25, -0.2) is 8.42 Å². The Morgan fingerprint density at radius 2 is 1.77 bits per heavy atom. The number of benzene rings is 1. The second-order valence-electron chi connectivity index (χ2n) is 6.26. The third kappa shape index (κ3) is 4.31. The molecular weight excluding hydrogens is 298 g/mol. The molecule has 0 spiro atoms. The number of rotatable bonds is 6. The number of aliphatic hydroxyl groups excluding tert-OH is 1. The van der Waals surface area contributed by atoms with E-state index >= 15 is 0 Å². The fourth-order valence-corrected chi connectivity index (χ4v) is 3.98. The maximum atomic E-state index is 11.8. The van der Waals surface area contributed by atoms with E-state index in [0.717, 1.165) is 31.2 Å². The Bertz CT molecular complexity index is 560. The molecule has 124 valence electrons. The van der Waals surface area contributed by atoms with E-state index in [0.29, 0.717) is 23.5 Å². The molecule has 22 heavy (non-hydrogen) atoms. The molecule has 1 aliphatic carbocycles. The van der Waals surface area contributed by atoms with Crippen LogP contribution in [-0.2, 0) is 9.84 Å². The summed E-state index contributed by atoms with van der Waals surface area (Å²) in [5.41, 5.74) is 1.11. The van der Waals surface area contributed by atoms with Gasteiger partial charge in [-0.3, -0.25) is 0 Å². The van der Waals surface area contributed by atoms with Gasteiger partial charge < -0.3 is 10.4 Å². The van der Waals surface area contributed by atoms with E-state index in [-0.39, 0.29) is 11.8 Å². The van der Waals surface area contributed by atoms with Crippen molar-refractivity contribution < 1.29 is 13.5 Å². The molecule has 0 amide bonds. The molecule has 0 saturated heterocycles. The van der Waals surface area contributed by atoms with Gasteiger partial charge in [0.15, 0.2) is 9.84 Å². The van der Waals surface area contributed by atoms with E-state index in [4.69, 9.17) is 0 Å². The normalized spacial score (nSPS) is 24.1. The van der Waals surface area contributed by atoms with E-state index in [1.165, 1.54) is 0 Å². The molecular formula is C17H27NO3S. The van der Waals surface area contributed by atoms with Crippen molar-refractivity contribution in [2.75, 3.05) is 12.4 Å². The lowest BCUT2D eigenvalue weighted by molar-refractivity contribution is 0.172. The van der Waals surface area contributed by atoms with Crippen LogP contribution in [-0.4, -0.2) is 31.9 Å². The Kier molecular flexibility index (Phi) is 6.01. The van der Waals surface area contributed by atoms with Crippen molar-refractivity contribution in [2.45, 2.75) is 56.5 Å². The molecule has 1 fully saturated rings. The lowest BCUT2D eigenvalue weighted by Gasteiger charge is -2.30. The summed E-state index contributed by atoms with van der Waals surface area (Å²) in [5.74, 6) is 0.598. The smallest absolute Gasteiger partial charge is 0.178 e. The molecule has 2 rings (SSSR count). The van der Waals surface area contributed by atoms with Crippen LogP contribution in [0.25, 0.3) is 0 Å². The maximum Gasteiger partial charge on any atom is 0.178 e. The summed E-state index contributed by atoms with van der Waals surface area (Å²) >= 11 is 0. The summed E-state index contributed by atoms with van der Waals surface area (Å²) in [6, 6.07) is 7.90. The fraction of sp³-hybridized carbons (Fsp3) is 0.647. The second-order valence-corrected chi connectivity index (χ2v) is 8.54. The Hall–Kier alpha value is -0.910. The highest BCUT2D eigenvalue weighted by Gasteiger charge is 2.22. The number of sulfone groups is 1. The summed E-state index contributed by atoms with van der Waals surface area (Å²) < 4.78 is 23.6. The highest BCUT2D eigenvalue weighted by atomic mass is 32.2. The molecule has 0 radical (unpaired) electrons. The van der Waals surface area contributed by atoms with Crippen LogP contribution in [0, 0.1) is 5.92 Å². The van der Waals surface area contributed by atoms with Crippen LogP contribution >= 0.6 is 0 Å². The van der Waals surface area contributed by atoms with Gasteiger partial charge >= 0.3 is 0 Å². The van der Waals surface area contributed by atoms with Gasteiger partial charge in [0.1, 0.15) is 0 Å². The summed E-state index contributed by atoms with van der Waals surface area (Å²) in [6.45, 7) is 4.08. The molecule has 1 unspecified atom stereocenters. The zero-order valence-corrected chi connectivity index (χ0v) is 14.3. The van der Waals surface area contributed by atoms with Crippen LogP contribution in [0.1, 0.15) is 51.1 Å². The summed E-state index contributed by atoms with van der Waals surface area (Å²) in [7, 11) is -3.12. The minimum absolute atomic E-state index is 0.133. The summed E-state index contributed by atoms with van der Waals surface area (Å²) in [4.78, 5) is 0.398. The van der Waals surface area contributed by atoms with Gasteiger partial charge in [-0.15, -0.1) is 0 Å². The molecule has 0 aliphatic heterocycles. The van der Waals surface area contributed by atoms with Gasteiger partial charge in [-0.05, 0) is 56.2 Å². The minimum Gasteiger partial charge on any atom is -0.396 e. The van der Waals surface area contributed by atoms with Crippen molar-refractivity contribution in [3.05, 3.63) is 29.8 Å². The highest BCUT2D eigenvalue weighted by Crippen LogP contribution is 2.26. The fourth-order valence-electron chi connectivity index (χ4n) is 3.09. The zero-order chi connectivity index (χ0) is 16.2. The Labute approximate surface area is 133 Å². The summed E-state index contributed by atoms with van der Waals surface area (Å²) in [6.07, 6.45) is 4.35. The summed E-state index contributed by atoms with van der Waals surface area (Å²) in [5, 5.41) is 12.8. The first-order chi connectivity index (χ1) is 10.5. The van der Waals surface area contributed by atoms with Gasteiger partial charge in [-0.1, -0.05) is 19.1 Å². The molecule has 5 heteroatoms. The third-order valence-corrected chi connectivity index (χ3v) is 6.46. The predicted octanol–water partition coefficient (Wildman–Crippen LogP) is 2.68. The van der Waals surface area contributed by atoms with Crippen LogP contribution in [0.4, 0.5) is 0 Å². The molecule has 1 aliphatic rings. The van der Waals surface area contributed by atoms with E-state index in [9.17, 15) is 13.5 Å². The molecule has 1 aromatic carbocycles. The molecule has 2 N–H and O–H groups in total. The second kappa shape index (κ2) is 7.57. The molecule has 1 aromatic rings. The van der Waals surface area contributed by atoms with Crippen LogP contribution < -0.4 is 5.32 Å². The van der Waals surface area contributed by atoms with Crippen molar-refractivity contribution in [3.8, 4) is 0 Å². The molecule has 0 heterocycles. The van der Waals surface area contributed by atoms with Crippen LogP contribution in [0.15, 0.2) is 29.2 Å². The van der Waals surface area contributed by atoms with Gasteiger partial charge in [-0.2, -0.15) is 0 Å². The topological polar surface area (TPSA) is 66.4 Å². The van der Waals surface area contributed by atoms with Crippen molar-refractivity contribution in [3.63, 3.8) is 0 Å². The van der Waals surface area contributed by atoms with Crippen LogP contribution in [0.3, 0.4) is 0 Å². The Morgan fingerprint density at radius 3 is 2.27 bits per heavy atom. The zero-order valence-electron chi connectivity index (χ0n) is 13.5. The molecule has 0 aromatic heterocycles. The number of hydrogen-bond acceptors (Lipinski definition) is 4. The first-order valence-electron chi connectivity index (χ1n) is 8.16. The van der Waals surface area contributed by atoms with Crippen molar-refractivity contribution in [2.24, 2.45) is 5.92 Å².